The molecule has 0 spiro atoms. The predicted molar refractivity (Wildman–Crippen MR) is 87.7 cm³/mol. The van der Waals surface area contributed by atoms with Gasteiger partial charge in [-0.3, -0.25) is 0 Å². The van der Waals surface area contributed by atoms with E-state index in [1.54, 1.807) is 13.3 Å². The Balaban J connectivity index is 1.70. The lowest BCUT2D eigenvalue weighted by atomic mass is 10.1. The van der Waals surface area contributed by atoms with E-state index in [1.165, 1.54) is 0 Å². The quantitative estimate of drug-likeness (QED) is 0.795. The number of ether oxygens (including phenoxy) is 2. The van der Waals surface area contributed by atoms with Crippen molar-refractivity contribution in [2.75, 3.05) is 12.8 Å². The summed E-state index contributed by atoms with van der Waals surface area (Å²) in [5, 5.41) is 4.78. The minimum absolute atomic E-state index is 0.478. The second kappa shape index (κ2) is 4.91. The van der Waals surface area contributed by atoms with Gasteiger partial charge in [0.2, 0.25) is 0 Å². The lowest BCUT2D eigenvalue weighted by molar-refractivity contribution is 0.134. The molecule has 7 nitrogen and oxygen atoms in total. The summed E-state index contributed by atoms with van der Waals surface area (Å²) in [5.41, 5.74) is 11.5. The molecule has 0 aromatic carbocycles. The number of hydrogen-bond acceptors (Lipinski definition) is 6. The van der Waals surface area contributed by atoms with Gasteiger partial charge in [-0.15, -0.1) is 0 Å². The maximum Gasteiger partial charge on any atom is 0.157 e. The Hall–Kier alpha value is -2.67. The van der Waals surface area contributed by atoms with Crippen LogP contribution in [0.5, 0.6) is 5.75 Å². The molecule has 1 fully saturated rings. The molecule has 0 bridgehead atoms. The number of imidazole rings is 1. The van der Waals surface area contributed by atoms with Crippen LogP contribution in [-0.4, -0.2) is 26.7 Å². The van der Waals surface area contributed by atoms with Crippen molar-refractivity contribution in [3.63, 3.8) is 0 Å². The zero-order chi connectivity index (χ0) is 16.3. The van der Waals surface area contributed by atoms with E-state index < -0.39 is 0 Å². The molecule has 122 valence electrons. The number of nitrogens with zero attached hydrogens (tertiary/aromatic N) is 4. The highest BCUT2D eigenvalue weighted by Gasteiger charge is 2.30. The normalized spacial score (nSPS) is 16.5. The van der Waals surface area contributed by atoms with Crippen molar-refractivity contribution in [1.29, 1.82) is 0 Å². The fourth-order valence-electron chi connectivity index (χ4n) is 3.23. The predicted octanol–water partition coefficient (Wildman–Crippen LogP) is 2.29. The Morgan fingerprint density at radius 2 is 2.17 bits per heavy atom. The first-order valence-electron chi connectivity index (χ1n) is 8.03. The largest absolute Gasteiger partial charge is 0.495 e. The molecule has 4 heterocycles. The van der Waals surface area contributed by atoms with Gasteiger partial charge in [0, 0.05) is 17.5 Å². The molecule has 3 aromatic rings. The van der Waals surface area contributed by atoms with Crippen LogP contribution in [0.25, 0.3) is 17.0 Å². The summed E-state index contributed by atoms with van der Waals surface area (Å²) in [5.74, 6) is 1.80. The fraction of sp³-hybridized carbons (Fsp3) is 0.353. The Morgan fingerprint density at radius 1 is 1.29 bits per heavy atom. The zero-order valence-electron chi connectivity index (χ0n) is 13.3. The van der Waals surface area contributed by atoms with Crippen molar-refractivity contribution in [2.45, 2.75) is 32.0 Å². The maximum absolute atomic E-state index is 6.10. The van der Waals surface area contributed by atoms with Crippen molar-refractivity contribution in [3.05, 3.63) is 35.2 Å². The van der Waals surface area contributed by atoms with Crippen molar-refractivity contribution in [2.24, 2.45) is 0 Å². The topological polar surface area (TPSA) is 87.6 Å². The molecule has 2 N–H and O–H groups in total. The van der Waals surface area contributed by atoms with Gasteiger partial charge in [-0.2, -0.15) is 5.10 Å². The summed E-state index contributed by atoms with van der Waals surface area (Å²) in [6, 6.07) is 3.95. The summed E-state index contributed by atoms with van der Waals surface area (Å²) in [6.07, 6.45) is 4.09. The van der Waals surface area contributed by atoms with E-state index in [2.05, 4.69) is 9.97 Å². The van der Waals surface area contributed by atoms with Gasteiger partial charge in [0.25, 0.3) is 0 Å². The molecule has 24 heavy (non-hydrogen) atoms. The molecule has 0 unspecified atom stereocenters. The second-order valence-corrected chi connectivity index (χ2v) is 6.31. The Labute approximate surface area is 138 Å². The van der Waals surface area contributed by atoms with Crippen molar-refractivity contribution >= 4 is 11.5 Å². The lowest BCUT2D eigenvalue weighted by Crippen LogP contribution is -2.04. The third kappa shape index (κ3) is 1.98. The first-order valence-corrected chi connectivity index (χ1v) is 8.03. The molecule has 7 heteroatoms. The fourth-order valence-corrected chi connectivity index (χ4v) is 3.23. The number of pyridine rings is 1. The molecule has 3 aromatic heterocycles. The van der Waals surface area contributed by atoms with Crippen LogP contribution in [0, 0.1) is 0 Å². The second-order valence-electron chi connectivity index (χ2n) is 6.31. The monoisotopic (exact) mass is 323 g/mol. The number of aromatic nitrogens is 4. The van der Waals surface area contributed by atoms with Crippen molar-refractivity contribution < 1.29 is 9.47 Å². The molecule has 1 saturated carbocycles. The standard InChI is InChI=1S/C17H17N5O2/c1-23-14-5-15-19-6-13(22(15)21-16(14)9-2-3-9)12-4-10-7-24-8-11(10)17(18)20-12/h4-6,9H,2-3,7-8H2,1H3,(H2,18,20). The van der Waals surface area contributed by atoms with Gasteiger partial charge in [0.05, 0.1) is 32.2 Å². The summed E-state index contributed by atoms with van der Waals surface area (Å²) in [7, 11) is 1.67. The molecule has 5 rings (SSSR count). The van der Waals surface area contributed by atoms with E-state index in [-0.39, 0.29) is 0 Å². The number of anilines is 1. The average molecular weight is 323 g/mol. The molecule has 1 aliphatic carbocycles. The van der Waals surface area contributed by atoms with Crippen LogP contribution in [0.1, 0.15) is 35.6 Å². The van der Waals surface area contributed by atoms with Crippen LogP contribution < -0.4 is 10.5 Å². The molecular formula is C17H17N5O2. The number of nitrogen functional groups attached to an aromatic ring is 1. The molecular weight excluding hydrogens is 306 g/mol. The van der Waals surface area contributed by atoms with Crippen LogP contribution >= 0.6 is 0 Å². The van der Waals surface area contributed by atoms with Crippen LogP contribution in [0.3, 0.4) is 0 Å². The summed E-state index contributed by atoms with van der Waals surface area (Å²) in [4.78, 5) is 8.99. The Kier molecular flexibility index (Phi) is 2.81. The van der Waals surface area contributed by atoms with Crippen LogP contribution in [0.15, 0.2) is 18.3 Å². The molecule has 1 aliphatic heterocycles. The average Bonchev–Trinajstić information content (AvgIpc) is 3.17. The minimum Gasteiger partial charge on any atom is -0.495 e. The highest BCUT2D eigenvalue weighted by atomic mass is 16.5. The van der Waals surface area contributed by atoms with Gasteiger partial charge >= 0.3 is 0 Å². The third-order valence-electron chi connectivity index (χ3n) is 4.68. The third-order valence-corrected chi connectivity index (χ3v) is 4.68. The van der Waals surface area contributed by atoms with Gasteiger partial charge in [-0.25, -0.2) is 14.5 Å². The number of rotatable bonds is 3. The molecule has 0 amide bonds. The number of hydrogen-bond donors (Lipinski definition) is 1. The van der Waals surface area contributed by atoms with E-state index in [9.17, 15) is 0 Å². The van der Waals surface area contributed by atoms with Gasteiger partial charge in [-0.05, 0) is 24.5 Å². The summed E-state index contributed by atoms with van der Waals surface area (Å²) >= 11 is 0. The van der Waals surface area contributed by atoms with E-state index in [4.69, 9.17) is 20.3 Å². The molecule has 2 aliphatic rings. The van der Waals surface area contributed by atoms with E-state index in [1.807, 2.05) is 16.6 Å². The molecule has 0 atom stereocenters. The van der Waals surface area contributed by atoms with Crippen molar-refractivity contribution in [1.82, 2.24) is 19.6 Å². The van der Waals surface area contributed by atoms with E-state index in [0.717, 1.165) is 52.4 Å². The van der Waals surface area contributed by atoms with Gasteiger partial charge < -0.3 is 15.2 Å². The Morgan fingerprint density at radius 3 is 2.96 bits per heavy atom. The number of methoxy groups -OCH3 is 1. The van der Waals surface area contributed by atoms with Crippen LogP contribution in [0.2, 0.25) is 0 Å². The maximum atomic E-state index is 6.10. The zero-order valence-corrected chi connectivity index (χ0v) is 13.3. The van der Waals surface area contributed by atoms with Crippen LogP contribution in [-0.2, 0) is 18.0 Å². The number of nitrogens with two attached hydrogens (primary N) is 1. The van der Waals surface area contributed by atoms with E-state index >= 15 is 0 Å². The van der Waals surface area contributed by atoms with Crippen LogP contribution in [0.4, 0.5) is 5.82 Å². The lowest BCUT2D eigenvalue weighted by Gasteiger charge is -2.09. The van der Waals surface area contributed by atoms with Gasteiger partial charge in [0.15, 0.2) is 5.65 Å². The Bertz CT molecular complexity index is 961. The van der Waals surface area contributed by atoms with Gasteiger partial charge in [0.1, 0.15) is 23.0 Å². The first-order chi connectivity index (χ1) is 11.7. The molecule has 0 radical (unpaired) electrons. The molecule has 0 saturated heterocycles. The highest BCUT2D eigenvalue weighted by Crippen LogP contribution is 2.43. The number of fused-ring (bicyclic) bond motifs is 2. The first kappa shape index (κ1) is 13.7. The minimum atomic E-state index is 0.478. The SMILES string of the molecule is COc1cc2ncc(-c3cc4c(c(N)n3)COC4)n2nc1C1CC1. The smallest absolute Gasteiger partial charge is 0.157 e. The summed E-state index contributed by atoms with van der Waals surface area (Å²) in [6.45, 7) is 1.10. The summed E-state index contributed by atoms with van der Waals surface area (Å²) < 4.78 is 12.8. The van der Waals surface area contributed by atoms with E-state index in [0.29, 0.717) is 24.9 Å². The van der Waals surface area contributed by atoms with Gasteiger partial charge in [-0.1, -0.05) is 0 Å². The highest BCUT2D eigenvalue weighted by molar-refractivity contribution is 5.65. The van der Waals surface area contributed by atoms with Crippen molar-refractivity contribution in [3.8, 4) is 17.1 Å².